The van der Waals surface area contributed by atoms with Crippen LogP contribution in [0.3, 0.4) is 0 Å². The zero-order valence-electron chi connectivity index (χ0n) is 30.8. The Labute approximate surface area is 298 Å². The number of hydrogen-bond acceptors (Lipinski definition) is 10. The highest BCUT2D eigenvalue weighted by molar-refractivity contribution is 5.77. The fraction of sp³-hybridized carbons (Fsp3) is 0.778. The van der Waals surface area contributed by atoms with E-state index in [1.54, 1.807) is 6.07 Å². The van der Waals surface area contributed by atoms with E-state index in [-0.39, 0.29) is 29.1 Å². The van der Waals surface area contributed by atoms with Crippen LogP contribution >= 0.6 is 0 Å². The Bertz CT molecular complexity index is 1120. The molecule has 2 amide bonds. The summed E-state index contributed by atoms with van der Waals surface area (Å²) in [4.78, 5) is 45.7. The van der Waals surface area contributed by atoms with E-state index in [0.29, 0.717) is 109 Å². The Balaban J connectivity index is 2.25. The van der Waals surface area contributed by atoms with Crippen molar-refractivity contribution in [1.29, 1.82) is 0 Å². The van der Waals surface area contributed by atoms with Crippen molar-refractivity contribution < 1.29 is 38.4 Å². The molecule has 1 aromatic carbocycles. The van der Waals surface area contributed by atoms with E-state index in [9.17, 15) is 29.8 Å². The Morgan fingerprint density at radius 2 is 1.08 bits per heavy atom. The molecule has 0 atom stereocenters. The van der Waals surface area contributed by atoms with E-state index >= 15 is 0 Å². The molecule has 2 N–H and O–H groups in total. The predicted octanol–water partition coefficient (Wildman–Crippen LogP) is 6.10. The number of nitro groups is 2. The summed E-state index contributed by atoms with van der Waals surface area (Å²) in [5.74, 6) is 0.703. The number of rotatable bonds is 32. The molecule has 0 aliphatic rings. The van der Waals surface area contributed by atoms with Gasteiger partial charge in [0.15, 0.2) is 0 Å². The molecular formula is C36H62N4O10. The van der Waals surface area contributed by atoms with Crippen LogP contribution in [0.4, 0.5) is 11.4 Å². The molecule has 0 saturated carbocycles. The summed E-state index contributed by atoms with van der Waals surface area (Å²) in [6, 6.07) is 2.60. The summed E-state index contributed by atoms with van der Waals surface area (Å²) in [6.45, 7) is 11.9. The monoisotopic (exact) mass is 710 g/mol. The Hall–Kier alpha value is -3.20. The first-order valence-corrected chi connectivity index (χ1v) is 18.3. The van der Waals surface area contributed by atoms with Crippen molar-refractivity contribution in [2.75, 3.05) is 65.9 Å². The topological polar surface area (TPSA) is 181 Å². The maximum atomic E-state index is 12.0. The number of nitrogens with one attached hydrogen (secondary N) is 2. The van der Waals surface area contributed by atoms with E-state index in [1.165, 1.54) is 32.1 Å². The van der Waals surface area contributed by atoms with Gasteiger partial charge in [-0.25, -0.2) is 0 Å². The minimum Gasteiger partial charge on any atom is -0.379 e. The fourth-order valence-electron chi connectivity index (χ4n) is 5.13. The lowest BCUT2D eigenvalue weighted by Gasteiger charge is -2.10. The standard InChI is InChI=1S/C36H62N4O10/c1-29(2)13-9-7-5-6-8-10-16-35(41)37-17-21-49-25-23-47-19-11-14-31-27-32(34(40(45)46)28-33(31)39(43)44)15-12-20-48-24-26-50-22-18-38-36(42)30(3)4/h27-30H,5-26H2,1-4H3,(H,37,41)(H,38,42). The van der Waals surface area contributed by atoms with E-state index in [1.807, 2.05) is 13.8 Å². The van der Waals surface area contributed by atoms with E-state index < -0.39 is 9.85 Å². The third-order valence-corrected chi connectivity index (χ3v) is 7.96. The molecule has 1 aromatic rings. The van der Waals surface area contributed by atoms with Crippen LogP contribution in [-0.4, -0.2) is 87.6 Å². The van der Waals surface area contributed by atoms with Crippen molar-refractivity contribution in [3.63, 3.8) is 0 Å². The number of nitrogens with zero attached hydrogens (tertiary/aromatic N) is 2. The molecule has 0 bridgehead atoms. The van der Waals surface area contributed by atoms with Crippen LogP contribution in [0.1, 0.15) is 103 Å². The van der Waals surface area contributed by atoms with Crippen LogP contribution in [-0.2, 0) is 41.4 Å². The number of amides is 2. The van der Waals surface area contributed by atoms with Gasteiger partial charge >= 0.3 is 0 Å². The molecule has 0 saturated heterocycles. The fourth-order valence-corrected chi connectivity index (χ4v) is 5.13. The molecule has 286 valence electrons. The first-order valence-electron chi connectivity index (χ1n) is 18.3. The Kier molecular flexibility index (Phi) is 25.5. The lowest BCUT2D eigenvalue weighted by Crippen LogP contribution is -2.31. The summed E-state index contributed by atoms with van der Waals surface area (Å²) in [7, 11) is 0. The number of benzene rings is 1. The summed E-state index contributed by atoms with van der Waals surface area (Å²) in [5, 5.41) is 29.0. The average molecular weight is 711 g/mol. The van der Waals surface area contributed by atoms with Crippen LogP contribution in [0.5, 0.6) is 0 Å². The normalized spacial score (nSPS) is 11.3. The van der Waals surface area contributed by atoms with Crippen molar-refractivity contribution in [1.82, 2.24) is 10.6 Å². The third kappa shape index (κ3) is 22.5. The molecule has 0 fully saturated rings. The molecule has 0 aromatic heterocycles. The second-order valence-corrected chi connectivity index (χ2v) is 13.1. The number of nitro benzene ring substituents is 2. The predicted molar refractivity (Wildman–Crippen MR) is 192 cm³/mol. The van der Waals surface area contributed by atoms with E-state index in [2.05, 4.69) is 24.5 Å². The van der Waals surface area contributed by atoms with Gasteiger partial charge in [0.05, 0.1) is 55.6 Å². The summed E-state index contributed by atoms with van der Waals surface area (Å²) in [5.41, 5.74) is 0.289. The van der Waals surface area contributed by atoms with Gasteiger partial charge in [0.2, 0.25) is 11.8 Å². The molecule has 14 nitrogen and oxygen atoms in total. The molecule has 0 aliphatic carbocycles. The first kappa shape index (κ1) is 44.8. The van der Waals surface area contributed by atoms with E-state index in [0.717, 1.165) is 24.8 Å². The molecule has 0 unspecified atom stereocenters. The van der Waals surface area contributed by atoms with Gasteiger partial charge in [-0.05, 0) is 44.1 Å². The molecule has 0 radical (unpaired) electrons. The molecule has 14 heteroatoms. The molecule has 1 rings (SSSR count). The maximum absolute atomic E-state index is 12.0. The lowest BCUT2D eigenvalue weighted by atomic mass is 9.99. The summed E-state index contributed by atoms with van der Waals surface area (Å²) in [6.07, 6.45) is 10.4. The second kappa shape index (κ2) is 28.5. The number of unbranched alkanes of at least 4 members (excludes halogenated alkanes) is 5. The highest BCUT2D eigenvalue weighted by atomic mass is 16.6. The molecular weight excluding hydrogens is 648 g/mol. The lowest BCUT2D eigenvalue weighted by molar-refractivity contribution is -0.395. The van der Waals surface area contributed by atoms with Gasteiger partial charge in [-0.15, -0.1) is 0 Å². The van der Waals surface area contributed by atoms with Gasteiger partial charge in [-0.2, -0.15) is 0 Å². The van der Waals surface area contributed by atoms with E-state index in [4.69, 9.17) is 18.9 Å². The van der Waals surface area contributed by atoms with Crippen LogP contribution in [0, 0.1) is 32.1 Å². The number of hydrogen-bond donors (Lipinski definition) is 2. The van der Waals surface area contributed by atoms with Crippen molar-refractivity contribution in [3.05, 3.63) is 43.5 Å². The van der Waals surface area contributed by atoms with Crippen molar-refractivity contribution >= 4 is 23.2 Å². The molecule has 0 spiro atoms. The third-order valence-electron chi connectivity index (χ3n) is 7.96. The van der Waals surface area contributed by atoms with Crippen LogP contribution in [0.2, 0.25) is 0 Å². The van der Waals surface area contributed by atoms with Crippen LogP contribution < -0.4 is 10.6 Å². The smallest absolute Gasteiger partial charge is 0.279 e. The highest BCUT2D eigenvalue weighted by Crippen LogP contribution is 2.31. The van der Waals surface area contributed by atoms with Gasteiger partial charge in [0.1, 0.15) is 0 Å². The highest BCUT2D eigenvalue weighted by Gasteiger charge is 2.24. The quantitative estimate of drug-likeness (QED) is 0.0504. The van der Waals surface area contributed by atoms with Crippen LogP contribution in [0.15, 0.2) is 12.1 Å². The molecule has 0 aliphatic heterocycles. The largest absolute Gasteiger partial charge is 0.379 e. The van der Waals surface area contributed by atoms with Gasteiger partial charge in [-0.3, -0.25) is 29.8 Å². The number of ether oxygens (including phenoxy) is 4. The van der Waals surface area contributed by atoms with Gasteiger partial charge < -0.3 is 29.6 Å². The SMILES string of the molecule is CC(C)CCCCCCCCC(=O)NCCOCCOCCCc1cc(CCCOCCOCCNC(=O)C(C)C)c([N+](=O)[O-])cc1[N+](=O)[O-]. The van der Waals surface area contributed by atoms with Gasteiger partial charge in [0.25, 0.3) is 11.4 Å². The number of aryl methyl sites for hydroxylation is 2. The van der Waals surface area contributed by atoms with Gasteiger partial charge in [-0.1, -0.05) is 66.2 Å². The zero-order chi connectivity index (χ0) is 37.0. The van der Waals surface area contributed by atoms with Gasteiger partial charge in [0, 0.05) is 49.8 Å². The summed E-state index contributed by atoms with van der Waals surface area (Å²) >= 11 is 0. The zero-order valence-corrected chi connectivity index (χ0v) is 30.8. The molecule has 0 heterocycles. The number of carbonyl (C=O) groups is 2. The summed E-state index contributed by atoms with van der Waals surface area (Å²) < 4.78 is 22.1. The number of carbonyl (C=O) groups excluding carboxylic acids is 2. The van der Waals surface area contributed by atoms with Crippen molar-refractivity contribution in [2.45, 2.75) is 105 Å². The van der Waals surface area contributed by atoms with Crippen molar-refractivity contribution in [2.24, 2.45) is 11.8 Å². The average Bonchev–Trinajstić information content (AvgIpc) is 3.06. The minimum absolute atomic E-state index is 0.0310. The Morgan fingerprint density at radius 3 is 1.56 bits per heavy atom. The van der Waals surface area contributed by atoms with Crippen LogP contribution in [0.25, 0.3) is 0 Å². The Morgan fingerprint density at radius 1 is 0.620 bits per heavy atom. The minimum atomic E-state index is -0.592. The second-order valence-electron chi connectivity index (χ2n) is 13.1. The maximum Gasteiger partial charge on any atom is 0.279 e. The molecule has 50 heavy (non-hydrogen) atoms. The van der Waals surface area contributed by atoms with Crippen molar-refractivity contribution in [3.8, 4) is 0 Å². The first-order chi connectivity index (χ1) is 24.0.